The van der Waals surface area contributed by atoms with E-state index in [4.69, 9.17) is 11.6 Å². The number of nitrogens with zero attached hydrogens (tertiary/aromatic N) is 1. The number of benzene rings is 1. The van der Waals surface area contributed by atoms with Crippen LogP contribution in [-0.4, -0.2) is 34.4 Å². The molecule has 1 N–H and O–H groups in total. The van der Waals surface area contributed by atoms with E-state index < -0.39 is 0 Å². The van der Waals surface area contributed by atoms with Crippen LogP contribution in [-0.2, 0) is 0 Å². The second kappa shape index (κ2) is 4.74. The predicted molar refractivity (Wildman–Crippen MR) is 62.9 cm³/mol. The molecule has 0 saturated carbocycles. The van der Waals surface area contributed by atoms with Gasteiger partial charge in [0, 0.05) is 24.0 Å². The van der Waals surface area contributed by atoms with E-state index in [1.165, 1.54) is 6.07 Å². The van der Waals surface area contributed by atoms with Gasteiger partial charge in [-0.15, -0.1) is 11.6 Å². The first-order chi connectivity index (χ1) is 7.72. The molecule has 4 heteroatoms. The fourth-order valence-electron chi connectivity index (χ4n) is 2.07. The van der Waals surface area contributed by atoms with Gasteiger partial charge in [0.15, 0.2) is 0 Å². The molecule has 16 heavy (non-hydrogen) atoms. The summed E-state index contributed by atoms with van der Waals surface area (Å²) in [5.74, 6) is 0.552. The molecule has 0 aliphatic carbocycles. The van der Waals surface area contributed by atoms with Gasteiger partial charge in [-0.2, -0.15) is 0 Å². The van der Waals surface area contributed by atoms with E-state index in [1.54, 1.807) is 23.1 Å². The number of phenolic OH excluding ortho intramolecular Hbond substituents is 1. The van der Waals surface area contributed by atoms with E-state index in [1.807, 2.05) is 0 Å². The number of carbonyl (C=O) groups is 1. The summed E-state index contributed by atoms with van der Waals surface area (Å²) < 4.78 is 0. The molecule has 2 rings (SSSR count). The highest BCUT2D eigenvalue weighted by Gasteiger charge is 2.28. The van der Waals surface area contributed by atoms with Gasteiger partial charge >= 0.3 is 0 Å². The molecule has 1 saturated heterocycles. The maximum absolute atomic E-state index is 12.1. The molecule has 1 unspecified atom stereocenters. The minimum atomic E-state index is -0.0425. The van der Waals surface area contributed by atoms with Gasteiger partial charge in [-0.1, -0.05) is 6.07 Å². The Morgan fingerprint density at radius 3 is 3.06 bits per heavy atom. The lowest BCUT2D eigenvalue weighted by Crippen LogP contribution is -2.36. The van der Waals surface area contributed by atoms with Crippen molar-refractivity contribution in [3.8, 4) is 5.75 Å². The summed E-state index contributed by atoms with van der Waals surface area (Å²) in [4.78, 5) is 13.9. The first-order valence-corrected chi connectivity index (χ1v) is 5.92. The van der Waals surface area contributed by atoms with Crippen molar-refractivity contribution >= 4 is 17.5 Å². The summed E-state index contributed by atoms with van der Waals surface area (Å²) in [6, 6.07) is 6.57. The molecule has 1 aliphatic rings. The lowest BCUT2D eigenvalue weighted by molar-refractivity contribution is 0.0748. The van der Waals surface area contributed by atoms with Gasteiger partial charge in [0.05, 0.1) is 0 Å². The Balaban J connectivity index is 2.18. The van der Waals surface area contributed by atoms with Gasteiger partial charge in [-0.25, -0.2) is 0 Å². The molecule has 1 aliphatic heterocycles. The van der Waals surface area contributed by atoms with Crippen LogP contribution in [0.1, 0.15) is 23.2 Å². The number of halogens is 1. The highest BCUT2D eigenvalue weighted by Crippen LogP contribution is 2.22. The number of hydrogen-bond donors (Lipinski definition) is 1. The summed E-state index contributed by atoms with van der Waals surface area (Å²) in [5, 5.41) is 9.33. The third kappa shape index (κ3) is 2.14. The highest BCUT2D eigenvalue weighted by molar-refractivity contribution is 6.18. The molecule has 0 bridgehead atoms. The van der Waals surface area contributed by atoms with Crippen molar-refractivity contribution in [2.75, 3.05) is 12.4 Å². The second-order valence-corrected chi connectivity index (χ2v) is 4.31. The van der Waals surface area contributed by atoms with Crippen LogP contribution in [0.25, 0.3) is 0 Å². The molecule has 1 aromatic rings. The number of aromatic hydroxyl groups is 1. The zero-order chi connectivity index (χ0) is 11.5. The summed E-state index contributed by atoms with van der Waals surface area (Å²) >= 11 is 5.82. The molecular formula is C12H14ClNO2. The first-order valence-electron chi connectivity index (χ1n) is 5.38. The number of hydrogen-bond acceptors (Lipinski definition) is 2. The van der Waals surface area contributed by atoms with Crippen molar-refractivity contribution in [3.63, 3.8) is 0 Å². The zero-order valence-corrected chi connectivity index (χ0v) is 9.65. The summed E-state index contributed by atoms with van der Waals surface area (Å²) in [5.41, 5.74) is 0.525. The van der Waals surface area contributed by atoms with Crippen molar-refractivity contribution in [2.45, 2.75) is 18.9 Å². The molecule has 1 fully saturated rings. The van der Waals surface area contributed by atoms with Crippen molar-refractivity contribution in [3.05, 3.63) is 29.8 Å². The zero-order valence-electron chi connectivity index (χ0n) is 8.90. The van der Waals surface area contributed by atoms with Gasteiger partial charge in [0.25, 0.3) is 5.91 Å². The maximum atomic E-state index is 12.1. The van der Waals surface area contributed by atoms with Gasteiger partial charge in [-0.3, -0.25) is 4.79 Å². The van der Waals surface area contributed by atoms with Gasteiger partial charge in [0.1, 0.15) is 5.75 Å². The molecule has 0 radical (unpaired) electrons. The summed E-state index contributed by atoms with van der Waals surface area (Å²) in [6.07, 6.45) is 1.97. The fourth-order valence-corrected chi connectivity index (χ4v) is 2.39. The number of amides is 1. The predicted octanol–water partition coefficient (Wildman–Crippen LogP) is 2.24. The Hall–Kier alpha value is -1.22. The monoisotopic (exact) mass is 239 g/mol. The molecule has 0 aromatic heterocycles. The molecule has 3 nitrogen and oxygen atoms in total. The molecule has 1 heterocycles. The van der Waals surface area contributed by atoms with Crippen LogP contribution in [0.15, 0.2) is 24.3 Å². The topological polar surface area (TPSA) is 40.5 Å². The average Bonchev–Trinajstić information content (AvgIpc) is 2.76. The Labute approximate surface area is 99.6 Å². The van der Waals surface area contributed by atoms with Crippen molar-refractivity contribution in [1.82, 2.24) is 4.90 Å². The molecule has 86 valence electrons. The Morgan fingerprint density at radius 1 is 1.56 bits per heavy atom. The molecule has 1 atom stereocenters. The van der Waals surface area contributed by atoms with E-state index in [-0.39, 0.29) is 17.7 Å². The SMILES string of the molecule is O=C(c1cccc(O)c1)N1CCCC1CCl. The molecule has 1 aromatic carbocycles. The van der Waals surface area contributed by atoms with Crippen LogP contribution < -0.4 is 0 Å². The molecular weight excluding hydrogens is 226 g/mol. The minimum absolute atomic E-state index is 0.0425. The first kappa shape index (κ1) is 11.3. The van der Waals surface area contributed by atoms with Crippen LogP contribution >= 0.6 is 11.6 Å². The third-order valence-corrected chi connectivity index (χ3v) is 3.27. The summed E-state index contributed by atoms with van der Waals surface area (Å²) in [6.45, 7) is 0.756. The Morgan fingerprint density at radius 2 is 2.38 bits per heavy atom. The average molecular weight is 240 g/mol. The fraction of sp³-hybridized carbons (Fsp3) is 0.417. The van der Waals surface area contributed by atoms with Crippen LogP contribution in [0.2, 0.25) is 0 Å². The van der Waals surface area contributed by atoms with Gasteiger partial charge in [0.2, 0.25) is 0 Å². The minimum Gasteiger partial charge on any atom is -0.508 e. The van der Waals surface area contributed by atoms with Crippen LogP contribution in [0.3, 0.4) is 0 Å². The second-order valence-electron chi connectivity index (χ2n) is 4.00. The quantitative estimate of drug-likeness (QED) is 0.804. The standard InChI is InChI=1S/C12H14ClNO2/c13-8-10-4-2-6-14(10)12(16)9-3-1-5-11(15)7-9/h1,3,5,7,10,15H,2,4,6,8H2. The molecule has 0 spiro atoms. The lowest BCUT2D eigenvalue weighted by atomic mass is 10.1. The van der Waals surface area contributed by atoms with E-state index in [0.717, 1.165) is 19.4 Å². The van der Waals surface area contributed by atoms with E-state index in [9.17, 15) is 9.90 Å². The smallest absolute Gasteiger partial charge is 0.254 e. The number of phenols is 1. The Bertz CT molecular complexity index is 394. The molecule has 1 amide bonds. The van der Waals surface area contributed by atoms with Gasteiger partial charge < -0.3 is 10.0 Å². The Kier molecular flexibility index (Phi) is 3.34. The van der Waals surface area contributed by atoms with Crippen molar-refractivity contribution < 1.29 is 9.90 Å². The van der Waals surface area contributed by atoms with E-state index in [2.05, 4.69) is 0 Å². The van der Waals surface area contributed by atoms with Crippen molar-refractivity contribution in [2.24, 2.45) is 0 Å². The van der Waals surface area contributed by atoms with E-state index >= 15 is 0 Å². The van der Waals surface area contributed by atoms with Crippen molar-refractivity contribution in [1.29, 1.82) is 0 Å². The van der Waals surface area contributed by atoms with Crippen LogP contribution in [0.5, 0.6) is 5.75 Å². The largest absolute Gasteiger partial charge is 0.508 e. The van der Waals surface area contributed by atoms with Gasteiger partial charge in [-0.05, 0) is 31.0 Å². The highest BCUT2D eigenvalue weighted by atomic mass is 35.5. The number of likely N-dealkylation sites (tertiary alicyclic amines) is 1. The third-order valence-electron chi connectivity index (χ3n) is 2.91. The van der Waals surface area contributed by atoms with Crippen LogP contribution in [0.4, 0.5) is 0 Å². The lowest BCUT2D eigenvalue weighted by Gasteiger charge is -2.22. The van der Waals surface area contributed by atoms with E-state index in [0.29, 0.717) is 11.4 Å². The number of alkyl halides is 1. The maximum Gasteiger partial charge on any atom is 0.254 e. The number of carbonyl (C=O) groups excluding carboxylic acids is 1. The summed E-state index contributed by atoms with van der Waals surface area (Å²) in [7, 11) is 0. The number of rotatable bonds is 2. The normalized spacial score (nSPS) is 20.1. The van der Waals surface area contributed by atoms with Crippen LogP contribution in [0, 0.1) is 0 Å².